The van der Waals surface area contributed by atoms with Crippen molar-refractivity contribution >= 4 is 33.2 Å². The first-order valence-corrected chi connectivity index (χ1v) is 6.23. The van der Waals surface area contributed by atoms with Crippen molar-refractivity contribution in [1.29, 1.82) is 0 Å². The van der Waals surface area contributed by atoms with Crippen LogP contribution in [0, 0.1) is 5.82 Å². The average molecular weight is 212 g/mol. The molecule has 0 fully saturated rings. The molecule has 0 bridgehead atoms. The third-order valence-corrected chi connectivity index (χ3v) is 3.53. The molecule has 0 radical (unpaired) electrons. The largest absolute Gasteiger partial charge is 0.207 e. The highest BCUT2D eigenvalue weighted by Crippen LogP contribution is 2.28. The van der Waals surface area contributed by atoms with Gasteiger partial charge in [0.1, 0.15) is 5.82 Å². The van der Waals surface area contributed by atoms with E-state index in [1.807, 2.05) is 6.07 Å². The number of hydrogen-bond acceptors (Lipinski definition) is 2. The molecule has 0 saturated heterocycles. The van der Waals surface area contributed by atoms with Gasteiger partial charge in [-0.25, -0.2) is 4.39 Å². The molecule has 0 aliphatic carbocycles. The maximum atomic E-state index is 12.9. The van der Waals surface area contributed by atoms with Gasteiger partial charge in [-0.1, -0.05) is 0 Å². The fraction of sp³-hybridized carbons (Fsp3) is 0.200. The van der Waals surface area contributed by atoms with E-state index in [0.29, 0.717) is 0 Å². The summed E-state index contributed by atoms with van der Waals surface area (Å²) in [7, 11) is 0. The van der Waals surface area contributed by atoms with Crippen molar-refractivity contribution in [2.24, 2.45) is 0 Å². The van der Waals surface area contributed by atoms with Crippen LogP contribution in [0.1, 0.15) is 5.56 Å². The number of thioether (sulfide) groups is 1. The quantitative estimate of drug-likeness (QED) is 0.727. The summed E-state index contributed by atoms with van der Waals surface area (Å²) in [6.45, 7) is 0. The van der Waals surface area contributed by atoms with Crippen LogP contribution >= 0.6 is 23.1 Å². The Kier molecular flexibility index (Phi) is 2.56. The Morgan fingerprint density at radius 1 is 1.46 bits per heavy atom. The molecule has 0 N–H and O–H groups in total. The zero-order chi connectivity index (χ0) is 9.26. The zero-order valence-electron chi connectivity index (χ0n) is 7.21. The highest BCUT2D eigenvalue weighted by Gasteiger charge is 2.03. The molecule has 68 valence electrons. The molecule has 2 rings (SSSR count). The van der Waals surface area contributed by atoms with Crippen LogP contribution in [-0.4, -0.2) is 6.26 Å². The van der Waals surface area contributed by atoms with Gasteiger partial charge < -0.3 is 0 Å². The summed E-state index contributed by atoms with van der Waals surface area (Å²) in [5.41, 5.74) is 1.24. The molecule has 2 aromatic rings. The summed E-state index contributed by atoms with van der Waals surface area (Å²) in [4.78, 5) is 0. The van der Waals surface area contributed by atoms with Crippen LogP contribution in [0.3, 0.4) is 0 Å². The van der Waals surface area contributed by atoms with Crippen molar-refractivity contribution in [2.75, 3.05) is 6.26 Å². The fourth-order valence-electron chi connectivity index (χ4n) is 1.32. The third-order valence-electron chi connectivity index (χ3n) is 1.92. The van der Waals surface area contributed by atoms with Crippen molar-refractivity contribution in [3.63, 3.8) is 0 Å². The molecule has 1 aromatic carbocycles. The molecule has 1 heterocycles. The van der Waals surface area contributed by atoms with Gasteiger partial charge in [-0.3, -0.25) is 0 Å². The van der Waals surface area contributed by atoms with Gasteiger partial charge in [0.2, 0.25) is 0 Å². The molecule has 3 heteroatoms. The summed E-state index contributed by atoms with van der Waals surface area (Å²) in [6, 6.07) is 4.98. The predicted molar refractivity (Wildman–Crippen MR) is 59.0 cm³/mol. The molecule has 0 spiro atoms. The Hall–Kier alpha value is -0.540. The Balaban J connectivity index is 2.58. The number of rotatable bonds is 2. The van der Waals surface area contributed by atoms with Crippen LogP contribution in [0.15, 0.2) is 23.6 Å². The Bertz CT molecular complexity index is 420. The normalized spacial score (nSPS) is 10.9. The summed E-state index contributed by atoms with van der Waals surface area (Å²) in [5, 5.41) is 3.18. The minimum atomic E-state index is -0.145. The van der Waals surface area contributed by atoms with Gasteiger partial charge in [0.25, 0.3) is 0 Å². The van der Waals surface area contributed by atoms with Gasteiger partial charge in [-0.15, -0.1) is 11.3 Å². The summed E-state index contributed by atoms with van der Waals surface area (Å²) in [6.07, 6.45) is 2.06. The maximum absolute atomic E-state index is 12.9. The van der Waals surface area contributed by atoms with Crippen LogP contribution in [0.25, 0.3) is 10.1 Å². The minimum Gasteiger partial charge on any atom is -0.207 e. The topological polar surface area (TPSA) is 0 Å². The lowest BCUT2D eigenvalue weighted by Crippen LogP contribution is -1.77. The number of fused-ring (bicyclic) bond motifs is 1. The molecule has 0 nitrogen and oxygen atoms in total. The lowest BCUT2D eigenvalue weighted by Gasteiger charge is -1.95. The molecule has 0 aliphatic rings. The molecule has 0 atom stereocenters. The molecule has 0 amide bonds. The van der Waals surface area contributed by atoms with E-state index in [1.165, 1.54) is 16.3 Å². The van der Waals surface area contributed by atoms with Crippen molar-refractivity contribution in [2.45, 2.75) is 5.75 Å². The van der Waals surface area contributed by atoms with Gasteiger partial charge in [0.15, 0.2) is 0 Å². The highest BCUT2D eigenvalue weighted by molar-refractivity contribution is 7.97. The molecule has 1 aromatic heterocycles. The second-order valence-electron chi connectivity index (χ2n) is 2.83. The first kappa shape index (κ1) is 9.03. The van der Waals surface area contributed by atoms with Crippen molar-refractivity contribution in [3.8, 4) is 0 Å². The Labute approximate surface area is 84.8 Å². The van der Waals surface area contributed by atoms with Gasteiger partial charge in [0.05, 0.1) is 0 Å². The summed E-state index contributed by atoms with van der Waals surface area (Å²) >= 11 is 3.45. The standard InChI is InChI=1S/C10H9FS2/c1-12-5-7-6-13-10-3-2-8(11)4-9(7)10/h2-4,6H,5H2,1H3. The monoisotopic (exact) mass is 212 g/mol. The van der Waals surface area contributed by atoms with E-state index in [2.05, 4.69) is 11.6 Å². The SMILES string of the molecule is CSCc1csc2ccc(F)cc12. The van der Waals surface area contributed by atoms with Gasteiger partial charge in [0, 0.05) is 10.5 Å². The Morgan fingerprint density at radius 2 is 2.31 bits per heavy atom. The van der Waals surface area contributed by atoms with E-state index >= 15 is 0 Å². The third kappa shape index (κ3) is 1.71. The maximum Gasteiger partial charge on any atom is 0.123 e. The molecule has 13 heavy (non-hydrogen) atoms. The lowest BCUT2D eigenvalue weighted by atomic mass is 10.2. The number of thiophene rings is 1. The van der Waals surface area contributed by atoms with Crippen molar-refractivity contribution in [1.82, 2.24) is 0 Å². The first-order chi connectivity index (χ1) is 6.31. The van der Waals surface area contributed by atoms with Crippen LogP contribution in [0.4, 0.5) is 4.39 Å². The van der Waals surface area contributed by atoms with E-state index in [0.717, 1.165) is 11.1 Å². The van der Waals surface area contributed by atoms with Crippen LogP contribution < -0.4 is 0 Å². The second kappa shape index (κ2) is 3.68. The molecule has 0 saturated carbocycles. The lowest BCUT2D eigenvalue weighted by molar-refractivity contribution is 0.630. The number of halogens is 1. The van der Waals surface area contributed by atoms with E-state index in [4.69, 9.17) is 0 Å². The summed E-state index contributed by atoms with van der Waals surface area (Å²) < 4.78 is 14.1. The van der Waals surface area contributed by atoms with Crippen molar-refractivity contribution < 1.29 is 4.39 Å². The van der Waals surface area contributed by atoms with E-state index < -0.39 is 0 Å². The highest BCUT2D eigenvalue weighted by atomic mass is 32.2. The summed E-state index contributed by atoms with van der Waals surface area (Å²) in [5.74, 6) is 0.817. The van der Waals surface area contributed by atoms with E-state index in [1.54, 1.807) is 29.2 Å². The van der Waals surface area contributed by atoms with Crippen LogP contribution in [-0.2, 0) is 5.75 Å². The number of hydrogen-bond donors (Lipinski definition) is 0. The van der Waals surface area contributed by atoms with Gasteiger partial charge in [-0.05, 0) is 40.8 Å². The number of benzene rings is 1. The van der Waals surface area contributed by atoms with Crippen LogP contribution in [0.5, 0.6) is 0 Å². The fourth-order valence-corrected chi connectivity index (χ4v) is 2.92. The molecule has 0 aliphatic heterocycles. The van der Waals surface area contributed by atoms with E-state index in [-0.39, 0.29) is 5.82 Å². The van der Waals surface area contributed by atoms with Crippen molar-refractivity contribution in [3.05, 3.63) is 35.0 Å². The van der Waals surface area contributed by atoms with Gasteiger partial charge in [-0.2, -0.15) is 11.8 Å². The Morgan fingerprint density at radius 3 is 3.08 bits per heavy atom. The molecule has 0 unspecified atom stereocenters. The van der Waals surface area contributed by atoms with Gasteiger partial charge >= 0.3 is 0 Å². The first-order valence-electron chi connectivity index (χ1n) is 3.96. The molecular weight excluding hydrogens is 203 g/mol. The second-order valence-corrected chi connectivity index (χ2v) is 4.61. The average Bonchev–Trinajstić information content (AvgIpc) is 2.49. The van der Waals surface area contributed by atoms with Crippen LogP contribution in [0.2, 0.25) is 0 Å². The van der Waals surface area contributed by atoms with E-state index in [9.17, 15) is 4.39 Å². The predicted octanol–water partition coefficient (Wildman–Crippen LogP) is 3.90. The smallest absolute Gasteiger partial charge is 0.123 e. The molecular formula is C10H9FS2. The zero-order valence-corrected chi connectivity index (χ0v) is 8.84. The minimum absolute atomic E-state index is 0.145.